The topological polar surface area (TPSA) is 121 Å². The number of carboxylic acid groups (broad SMARTS) is 3. The van der Waals surface area contributed by atoms with Gasteiger partial charge >= 0.3 is 18.1 Å². The summed E-state index contributed by atoms with van der Waals surface area (Å²) in [6.45, 7) is 1.06. The van der Waals surface area contributed by atoms with E-state index in [4.69, 9.17) is 15.3 Å². The smallest absolute Gasteiger partial charge is 0.480 e. The van der Waals surface area contributed by atoms with Crippen molar-refractivity contribution in [2.24, 2.45) is 5.92 Å². The van der Waals surface area contributed by atoms with Gasteiger partial charge in [-0.05, 0) is 6.92 Å². The Hall–Kier alpha value is -1.79. The van der Waals surface area contributed by atoms with Crippen molar-refractivity contribution in [3.8, 4) is 0 Å². The van der Waals surface area contributed by atoms with E-state index in [0.29, 0.717) is 0 Å². The Bertz CT molecular complexity index is 219. The van der Waals surface area contributed by atoms with Crippen LogP contribution >= 0.6 is 0 Å². The van der Waals surface area contributed by atoms with Crippen LogP contribution in [0.1, 0.15) is 6.92 Å². The Labute approximate surface area is 72.5 Å². The van der Waals surface area contributed by atoms with Gasteiger partial charge in [-0.2, -0.15) is 0 Å². The van der Waals surface area contributed by atoms with Gasteiger partial charge in [-0.25, -0.2) is 4.79 Å². The molecule has 0 aromatic heterocycles. The lowest BCUT2D eigenvalue weighted by Gasteiger charge is -2.14. The molecule has 0 fully saturated rings. The first-order chi connectivity index (χ1) is 5.86. The molecule has 0 spiro atoms. The SMILES string of the molecule is CC(OC(=O)O)C(C(=O)O)C(=O)O. The predicted molar refractivity (Wildman–Crippen MR) is 37.3 cm³/mol. The summed E-state index contributed by atoms with van der Waals surface area (Å²) in [7, 11) is 0. The molecule has 7 nitrogen and oxygen atoms in total. The molecule has 0 saturated heterocycles. The maximum absolute atomic E-state index is 10.3. The van der Waals surface area contributed by atoms with Crippen LogP contribution in [0.25, 0.3) is 0 Å². The number of carbonyl (C=O) groups is 3. The van der Waals surface area contributed by atoms with Crippen molar-refractivity contribution in [3.05, 3.63) is 0 Å². The van der Waals surface area contributed by atoms with Gasteiger partial charge in [0, 0.05) is 0 Å². The van der Waals surface area contributed by atoms with E-state index >= 15 is 0 Å². The van der Waals surface area contributed by atoms with Gasteiger partial charge in [0.05, 0.1) is 0 Å². The first-order valence-corrected chi connectivity index (χ1v) is 3.21. The van der Waals surface area contributed by atoms with E-state index in [1.165, 1.54) is 0 Å². The van der Waals surface area contributed by atoms with E-state index < -0.39 is 30.1 Å². The summed E-state index contributed by atoms with van der Waals surface area (Å²) < 4.78 is 3.99. The van der Waals surface area contributed by atoms with Crippen LogP contribution in [-0.4, -0.2) is 39.5 Å². The molecule has 0 radical (unpaired) electrons. The molecule has 0 bridgehead atoms. The van der Waals surface area contributed by atoms with E-state index in [0.717, 1.165) is 6.92 Å². The zero-order valence-corrected chi connectivity index (χ0v) is 6.63. The Morgan fingerprint density at radius 1 is 1.08 bits per heavy atom. The highest BCUT2D eigenvalue weighted by Gasteiger charge is 2.34. The van der Waals surface area contributed by atoms with Crippen LogP contribution in [0.15, 0.2) is 0 Å². The lowest BCUT2D eigenvalue weighted by molar-refractivity contribution is -0.159. The predicted octanol–water partition coefficient (Wildman–Crippen LogP) is -0.145. The van der Waals surface area contributed by atoms with Crippen LogP contribution in [0, 0.1) is 5.92 Å². The molecule has 3 N–H and O–H groups in total. The number of ether oxygens (including phenoxy) is 1. The van der Waals surface area contributed by atoms with Crippen molar-refractivity contribution in [2.45, 2.75) is 13.0 Å². The molecule has 13 heavy (non-hydrogen) atoms. The molecule has 74 valence electrons. The van der Waals surface area contributed by atoms with Gasteiger partial charge in [0.2, 0.25) is 0 Å². The minimum atomic E-state index is -1.88. The summed E-state index contributed by atoms with van der Waals surface area (Å²) >= 11 is 0. The highest BCUT2D eigenvalue weighted by molar-refractivity contribution is 5.93. The standard InChI is InChI=1S/C6H8O7/c1-2(13-6(11)12)3(4(7)8)5(9)10/h2-3H,1H3,(H,7,8)(H,9,10)(H,11,12). The highest BCUT2D eigenvalue weighted by Crippen LogP contribution is 2.08. The molecule has 1 unspecified atom stereocenters. The van der Waals surface area contributed by atoms with Gasteiger partial charge in [0.15, 0.2) is 5.92 Å². The lowest BCUT2D eigenvalue weighted by Crippen LogP contribution is -2.35. The fourth-order valence-corrected chi connectivity index (χ4v) is 0.734. The van der Waals surface area contributed by atoms with Crippen molar-refractivity contribution in [1.29, 1.82) is 0 Å². The number of carboxylic acids is 2. The Morgan fingerprint density at radius 3 is 1.69 bits per heavy atom. The van der Waals surface area contributed by atoms with Crippen LogP contribution in [0.5, 0.6) is 0 Å². The molecule has 0 aliphatic rings. The maximum Gasteiger partial charge on any atom is 0.506 e. The molecule has 0 saturated carbocycles. The second kappa shape index (κ2) is 4.29. The zero-order valence-electron chi connectivity index (χ0n) is 6.63. The molecule has 0 aliphatic carbocycles. The monoisotopic (exact) mass is 192 g/mol. The normalized spacial score (nSPS) is 12.2. The molecule has 0 amide bonds. The fourth-order valence-electron chi connectivity index (χ4n) is 0.734. The minimum Gasteiger partial charge on any atom is -0.480 e. The second-order valence-corrected chi connectivity index (χ2v) is 2.24. The van der Waals surface area contributed by atoms with Gasteiger partial charge in [-0.1, -0.05) is 0 Å². The van der Waals surface area contributed by atoms with Gasteiger partial charge in [0.25, 0.3) is 0 Å². The van der Waals surface area contributed by atoms with Gasteiger partial charge in [0.1, 0.15) is 6.10 Å². The number of hydrogen-bond donors (Lipinski definition) is 3. The average molecular weight is 192 g/mol. The Kier molecular flexibility index (Phi) is 3.70. The van der Waals surface area contributed by atoms with Crippen LogP contribution < -0.4 is 0 Å². The highest BCUT2D eigenvalue weighted by atomic mass is 16.7. The molecule has 0 aromatic rings. The minimum absolute atomic E-state index is 1.06. The van der Waals surface area contributed by atoms with Crippen molar-refractivity contribution < 1.29 is 34.4 Å². The van der Waals surface area contributed by atoms with Crippen LogP contribution in [0.2, 0.25) is 0 Å². The lowest BCUT2D eigenvalue weighted by atomic mass is 10.1. The van der Waals surface area contributed by atoms with Gasteiger partial charge in [-0.3, -0.25) is 9.59 Å². The first kappa shape index (κ1) is 11.2. The first-order valence-electron chi connectivity index (χ1n) is 3.21. The van der Waals surface area contributed by atoms with Crippen molar-refractivity contribution in [3.63, 3.8) is 0 Å². The van der Waals surface area contributed by atoms with Crippen LogP contribution in [-0.2, 0) is 14.3 Å². The fraction of sp³-hybridized carbons (Fsp3) is 0.500. The summed E-state index contributed by atoms with van der Waals surface area (Å²) in [6.07, 6.45) is -3.13. The average Bonchev–Trinajstić information content (AvgIpc) is 1.81. The summed E-state index contributed by atoms with van der Waals surface area (Å²) in [6, 6.07) is 0. The molecule has 1 atom stereocenters. The van der Waals surface area contributed by atoms with Crippen LogP contribution in [0.3, 0.4) is 0 Å². The summed E-state index contributed by atoms with van der Waals surface area (Å²) in [5.41, 5.74) is 0. The van der Waals surface area contributed by atoms with E-state index in [2.05, 4.69) is 4.74 Å². The third kappa shape index (κ3) is 3.41. The summed E-state index contributed by atoms with van der Waals surface area (Å²) in [5, 5.41) is 24.8. The Morgan fingerprint density at radius 2 is 1.46 bits per heavy atom. The van der Waals surface area contributed by atoms with Crippen molar-refractivity contribution in [2.75, 3.05) is 0 Å². The molecule has 0 rings (SSSR count). The molecule has 0 aliphatic heterocycles. The summed E-state index contributed by atoms with van der Waals surface area (Å²) in [5.74, 6) is -5.15. The van der Waals surface area contributed by atoms with Gasteiger partial charge in [-0.15, -0.1) is 0 Å². The molecular formula is C6H8O7. The Balaban J connectivity index is 4.46. The third-order valence-electron chi connectivity index (χ3n) is 1.29. The van der Waals surface area contributed by atoms with Crippen molar-refractivity contribution in [1.82, 2.24) is 0 Å². The maximum atomic E-state index is 10.3. The number of aliphatic carboxylic acids is 2. The van der Waals surface area contributed by atoms with Crippen LogP contribution in [0.4, 0.5) is 4.79 Å². The summed E-state index contributed by atoms with van der Waals surface area (Å²) in [4.78, 5) is 30.6. The van der Waals surface area contributed by atoms with E-state index in [1.807, 2.05) is 0 Å². The van der Waals surface area contributed by atoms with E-state index in [-0.39, 0.29) is 0 Å². The molecular weight excluding hydrogens is 184 g/mol. The van der Waals surface area contributed by atoms with Crippen molar-refractivity contribution >= 4 is 18.1 Å². The quantitative estimate of drug-likeness (QED) is 0.418. The molecule has 0 aromatic carbocycles. The van der Waals surface area contributed by atoms with E-state index in [1.54, 1.807) is 0 Å². The third-order valence-corrected chi connectivity index (χ3v) is 1.29. The second-order valence-electron chi connectivity index (χ2n) is 2.24. The largest absolute Gasteiger partial charge is 0.506 e. The molecule has 0 heterocycles. The zero-order chi connectivity index (χ0) is 10.6. The number of rotatable bonds is 4. The van der Waals surface area contributed by atoms with E-state index in [9.17, 15) is 14.4 Å². The molecule has 7 heteroatoms. The van der Waals surface area contributed by atoms with Gasteiger partial charge < -0.3 is 20.1 Å². The number of hydrogen-bond acceptors (Lipinski definition) is 4.